The molecule has 42 heavy (non-hydrogen) atoms. The number of rotatable bonds is 3. The third-order valence-electron chi connectivity index (χ3n) is 9.39. The van der Waals surface area contributed by atoms with Crippen molar-refractivity contribution in [1.82, 2.24) is 0 Å². The van der Waals surface area contributed by atoms with Crippen molar-refractivity contribution in [3.63, 3.8) is 0 Å². The molecule has 0 unspecified atom stereocenters. The molecule has 0 bridgehead atoms. The Morgan fingerprint density at radius 3 is 1.62 bits per heavy atom. The van der Waals surface area contributed by atoms with Gasteiger partial charge in [-0.05, 0) is 101 Å². The predicted octanol–water partition coefficient (Wildman–Crippen LogP) is 11.5. The van der Waals surface area contributed by atoms with Gasteiger partial charge in [-0.25, -0.2) is 0 Å². The lowest BCUT2D eigenvalue weighted by molar-refractivity contribution is 1.26. The molecule has 1 aliphatic carbocycles. The van der Waals surface area contributed by atoms with Crippen molar-refractivity contribution < 1.29 is 0 Å². The van der Waals surface area contributed by atoms with E-state index in [1.54, 1.807) is 0 Å². The maximum absolute atomic E-state index is 2.34. The van der Waals surface area contributed by atoms with Crippen LogP contribution in [-0.4, -0.2) is 0 Å². The summed E-state index contributed by atoms with van der Waals surface area (Å²) in [6.45, 7) is 2.15. The highest BCUT2D eigenvalue weighted by Gasteiger charge is 2.23. The second-order valence-corrected chi connectivity index (χ2v) is 11.7. The van der Waals surface area contributed by atoms with Crippen LogP contribution in [0.2, 0.25) is 0 Å². The Bertz CT molecular complexity index is 2320. The maximum Gasteiger partial charge on any atom is -0.000728 e. The van der Waals surface area contributed by atoms with E-state index in [0.29, 0.717) is 0 Å². The van der Waals surface area contributed by atoms with Crippen molar-refractivity contribution >= 4 is 32.3 Å². The Hall–Kier alpha value is -5.20. The third-order valence-corrected chi connectivity index (χ3v) is 9.39. The minimum Gasteiger partial charge on any atom is -0.0619 e. The van der Waals surface area contributed by atoms with Crippen LogP contribution in [0.25, 0.3) is 76.8 Å². The summed E-state index contributed by atoms with van der Waals surface area (Å²) in [5.41, 5.74) is 14.7. The third kappa shape index (κ3) is 3.36. The topological polar surface area (TPSA) is 0 Å². The van der Waals surface area contributed by atoms with Gasteiger partial charge in [-0.3, -0.25) is 0 Å². The molecule has 0 spiro atoms. The van der Waals surface area contributed by atoms with E-state index < -0.39 is 0 Å². The van der Waals surface area contributed by atoms with Gasteiger partial charge in [0.2, 0.25) is 0 Å². The number of aryl methyl sites for hydroxylation is 1. The molecular formula is C42H28. The van der Waals surface area contributed by atoms with E-state index in [-0.39, 0.29) is 0 Å². The van der Waals surface area contributed by atoms with E-state index in [2.05, 4.69) is 146 Å². The van der Waals surface area contributed by atoms with Crippen LogP contribution in [-0.2, 0) is 6.42 Å². The van der Waals surface area contributed by atoms with Gasteiger partial charge in [-0.2, -0.15) is 0 Å². The normalized spacial score (nSPS) is 12.3. The summed E-state index contributed by atoms with van der Waals surface area (Å²) in [4.78, 5) is 0. The molecule has 0 heterocycles. The Morgan fingerprint density at radius 2 is 0.905 bits per heavy atom. The van der Waals surface area contributed by atoms with Crippen molar-refractivity contribution in [1.29, 1.82) is 0 Å². The van der Waals surface area contributed by atoms with Gasteiger partial charge < -0.3 is 0 Å². The fourth-order valence-electron chi connectivity index (χ4n) is 7.38. The molecule has 196 valence electrons. The van der Waals surface area contributed by atoms with E-state index in [9.17, 15) is 0 Å². The second-order valence-electron chi connectivity index (χ2n) is 11.7. The van der Waals surface area contributed by atoms with Crippen LogP contribution in [0.1, 0.15) is 16.7 Å². The van der Waals surface area contributed by atoms with E-state index in [1.807, 2.05) is 0 Å². The Kier molecular flexibility index (Phi) is 4.98. The molecule has 0 heteroatoms. The molecule has 0 aliphatic heterocycles. The lowest BCUT2D eigenvalue weighted by atomic mass is 9.85. The lowest BCUT2D eigenvalue weighted by Gasteiger charge is -2.19. The molecule has 0 saturated heterocycles. The van der Waals surface area contributed by atoms with Crippen molar-refractivity contribution in [2.24, 2.45) is 0 Å². The van der Waals surface area contributed by atoms with E-state index in [1.165, 1.54) is 93.5 Å². The standard InChI is InChI=1S/C42H28/c1-26-13-15-27(16-14-26)32-21-17-28-20-24-39-37(22-18-29-19-23-38(32)41(28)42(29)39)35-10-5-4-9-34(35)36-12-6-11-33-31-8-3-2-7-30(31)25-40(33)36/h2-24H,25H2,1H3. The first-order valence-corrected chi connectivity index (χ1v) is 14.8. The first-order valence-electron chi connectivity index (χ1n) is 14.8. The van der Waals surface area contributed by atoms with Crippen LogP contribution >= 0.6 is 0 Å². The highest BCUT2D eigenvalue weighted by Crippen LogP contribution is 2.47. The fraction of sp³-hybridized carbons (Fsp3) is 0.0476. The minimum absolute atomic E-state index is 0.982. The average Bonchev–Trinajstić information content (AvgIpc) is 3.43. The average molecular weight is 533 g/mol. The van der Waals surface area contributed by atoms with Crippen LogP contribution in [0.5, 0.6) is 0 Å². The summed E-state index contributed by atoms with van der Waals surface area (Å²) in [6, 6.07) is 52.1. The molecule has 0 amide bonds. The minimum atomic E-state index is 0.982. The van der Waals surface area contributed by atoms with E-state index >= 15 is 0 Å². The van der Waals surface area contributed by atoms with Gasteiger partial charge in [0.1, 0.15) is 0 Å². The SMILES string of the molecule is Cc1ccc(-c2ccc3ccc4c(-c5ccccc5-c5cccc6c5Cc5ccccc5-6)ccc5ccc2c3c54)cc1. The highest BCUT2D eigenvalue weighted by atomic mass is 14.3. The molecule has 0 saturated carbocycles. The molecule has 9 rings (SSSR count). The number of fused-ring (bicyclic) bond motifs is 3. The second kappa shape index (κ2) is 8.90. The first kappa shape index (κ1) is 23.5. The van der Waals surface area contributed by atoms with Gasteiger partial charge in [0.15, 0.2) is 0 Å². The van der Waals surface area contributed by atoms with Gasteiger partial charge in [0, 0.05) is 0 Å². The molecule has 0 radical (unpaired) electrons. The summed E-state index contributed by atoms with van der Waals surface area (Å²) in [5, 5.41) is 7.94. The van der Waals surface area contributed by atoms with Crippen molar-refractivity contribution in [2.45, 2.75) is 13.3 Å². The molecule has 0 N–H and O–H groups in total. The predicted molar refractivity (Wildman–Crippen MR) is 179 cm³/mol. The van der Waals surface area contributed by atoms with Crippen LogP contribution in [0.15, 0.2) is 140 Å². The van der Waals surface area contributed by atoms with Crippen molar-refractivity contribution in [3.8, 4) is 44.5 Å². The Labute approximate surface area is 245 Å². The smallest absolute Gasteiger partial charge is 0.000728 e. The monoisotopic (exact) mass is 532 g/mol. The van der Waals surface area contributed by atoms with Crippen molar-refractivity contribution in [2.75, 3.05) is 0 Å². The van der Waals surface area contributed by atoms with Crippen LogP contribution < -0.4 is 0 Å². The molecule has 0 fully saturated rings. The maximum atomic E-state index is 2.34. The number of hydrogen-bond acceptors (Lipinski definition) is 0. The number of benzene rings is 8. The zero-order valence-corrected chi connectivity index (χ0v) is 23.5. The van der Waals surface area contributed by atoms with Crippen LogP contribution in [0.4, 0.5) is 0 Å². The van der Waals surface area contributed by atoms with Gasteiger partial charge in [-0.15, -0.1) is 0 Å². The zero-order valence-electron chi connectivity index (χ0n) is 23.5. The van der Waals surface area contributed by atoms with E-state index in [4.69, 9.17) is 0 Å². The van der Waals surface area contributed by atoms with Gasteiger partial charge >= 0.3 is 0 Å². The zero-order chi connectivity index (χ0) is 27.8. The fourth-order valence-corrected chi connectivity index (χ4v) is 7.38. The largest absolute Gasteiger partial charge is 0.0619 e. The molecular weight excluding hydrogens is 504 g/mol. The van der Waals surface area contributed by atoms with E-state index in [0.717, 1.165) is 6.42 Å². The van der Waals surface area contributed by atoms with Crippen molar-refractivity contribution in [3.05, 3.63) is 156 Å². The lowest BCUT2D eigenvalue weighted by Crippen LogP contribution is -1.93. The molecule has 0 atom stereocenters. The van der Waals surface area contributed by atoms with Gasteiger partial charge in [-0.1, -0.05) is 145 Å². The summed E-state index contributed by atoms with van der Waals surface area (Å²) in [7, 11) is 0. The summed E-state index contributed by atoms with van der Waals surface area (Å²) < 4.78 is 0. The van der Waals surface area contributed by atoms with Crippen LogP contribution in [0.3, 0.4) is 0 Å². The van der Waals surface area contributed by atoms with Crippen LogP contribution in [0, 0.1) is 6.92 Å². The molecule has 8 aromatic rings. The van der Waals surface area contributed by atoms with Gasteiger partial charge in [0.25, 0.3) is 0 Å². The summed E-state index contributed by atoms with van der Waals surface area (Å²) in [5.74, 6) is 0. The highest BCUT2D eigenvalue weighted by molar-refractivity contribution is 6.27. The molecule has 0 aromatic heterocycles. The molecule has 8 aromatic carbocycles. The van der Waals surface area contributed by atoms with Gasteiger partial charge in [0.05, 0.1) is 0 Å². The number of hydrogen-bond donors (Lipinski definition) is 0. The summed E-state index contributed by atoms with van der Waals surface area (Å²) in [6.07, 6.45) is 0.982. The summed E-state index contributed by atoms with van der Waals surface area (Å²) >= 11 is 0. The quantitative estimate of drug-likeness (QED) is 0.199. The molecule has 0 nitrogen and oxygen atoms in total. The Balaban J connectivity index is 1.29. The molecule has 1 aliphatic rings. The first-order chi connectivity index (χ1) is 20.7. The Morgan fingerprint density at radius 1 is 0.381 bits per heavy atom.